The topological polar surface area (TPSA) is 42.1 Å². The summed E-state index contributed by atoms with van der Waals surface area (Å²) in [7, 11) is 0. The minimum Gasteiger partial charge on any atom is -0.397 e. The molecule has 1 fully saturated rings. The predicted octanol–water partition coefficient (Wildman–Crippen LogP) is 2.47. The number of anilines is 1. The van der Waals surface area contributed by atoms with Crippen LogP contribution >= 0.6 is 0 Å². The maximum absolute atomic E-state index is 5.64. The number of hydrogen-bond acceptors (Lipinski definition) is 3. The molecule has 1 aliphatic carbocycles. The fraction of sp³-hybridized carbons (Fsp3) is 0.643. The normalized spacial score (nSPS) is 16.8. The Morgan fingerprint density at radius 2 is 2.12 bits per heavy atom. The summed E-state index contributed by atoms with van der Waals surface area (Å²) in [5, 5.41) is 0. The van der Waals surface area contributed by atoms with Gasteiger partial charge in [-0.3, -0.25) is 4.98 Å². The first-order valence-electron chi connectivity index (χ1n) is 6.74. The van der Waals surface area contributed by atoms with E-state index < -0.39 is 0 Å². The lowest BCUT2D eigenvalue weighted by atomic mass is 10.2. The van der Waals surface area contributed by atoms with E-state index in [0.29, 0.717) is 0 Å². The zero-order valence-corrected chi connectivity index (χ0v) is 10.7. The summed E-state index contributed by atoms with van der Waals surface area (Å²) in [4.78, 5) is 6.96. The standard InChI is InChI=1S/C14H23N3/c1-2-17(14-5-3-4-6-14)10-9-13-8-7-12(15)11-16-13/h7-8,11,14H,2-6,9-10,15H2,1H3. The van der Waals surface area contributed by atoms with Crippen LogP contribution in [-0.4, -0.2) is 29.0 Å². The van der Waals surface area contributed by atoms with Crippen molar-refractivity contribution in [3.05, 3.63) is 24.0 Å². The Bertz CT molecular complexity index is 328. The van der Waals surface area contributed by atoms with Gasteiger partial charge in [0.2, 0.25) is 0 Å². The van der Waals surface area contributed by atoms with E-state index in [1.54, 1.807) is 6.20 Å². The van der Waals surface area contributed by atoms with Crippen LogP contribution in [0, 0.1) is 0 Å². The van der Waals surface area contributed by atoms with E-state index in [2.05, 4.69) is 16.8 Å². The molecule has 2 rings (SSSR count). The average Bonchev–Trinajstić information content (AvgIpc) is 2.86. The van der Waals surface area contributed by atoms with Crippen molar-refractivity contribution in [2.75, 3.05) is 18.8 Å². The predicted molar refractivity (Wildman–Crippen MR) is 71.9 cm³/mol. The van der Waals surface area contributed by atoms with Gasteiger partial charge >= 0.3 is 0 Å². The molecule has 1 heterocycles. The molecule has 1 aromatic heterocycles. The van der Waals surface area contributed by atoms with Crippen LogP contribution in [0.25, 0.3) is 0 Å². The van der Waals surface area contributed by atoms with E-state index in [-0.39, 0.29) is 0 Å². The fourth-order valence-electron chi connectivity index (χ4n) is 2.71. The minimum atomic E-state index is 0.747. The van der Waals surface area contributed by atoms with Gasteiger partial charge in [0.15, 0.2) is 0 Å². The van der Waals surface area contributed by atoms with E-state index in [0.717, 1.165) is 36.9 Å². The van der Waals surface area contributed by atoms with Crippen molar-refractivity contribution in [3.63, 3.8) is 0 Å². The molecule has 1 aromatic rings. The molecule has 0 aliphatic heterocycles. The summed E-state index contributed by atoms with van der Waals surface area (Å²) in [5.41, 5.74) is 7.53. The molecule has 3 heteroatoms. The third kappa shape index (κ3) is 3.43. The molecule has 3 nitrogen and oxygen atoms in total. The number of nitrogens with zero attached hydrogens (tertiary/aromatic N) is 2. The highest BCUT2D eigenvalue weighted by Gasteiger charge is 2.20. The molecule has 2 N–H and O–H groups in total. The molecule has 0 atom stereocenters. The molecule has 0 bridgehead atoms. The summed E-state index contributed by atoms with van der Waals surface area (Å²) in [6.07, 6.45) is 8.35. The lowest BCUT2D eigenvalue weighted by molar-refractivity contribution is 0.211. The van der Waals surface area contributed by atoms with Gasteiger partial charge in [0.1, 0.15) is 0 Å². The third-order valence-corrected chi connectivity index (χ3v) is 3.75. The first-order valence-corrected chi connectivity index (χ1v) is 6.74. The van der Waals surface area contributed by atoms with Gasteiger partial charge in [0.05, 0.1) is 11.9 Å². The lowest BCUT2D eigenvalue weighted by Gasteiger charge is -2.27. The van der Waals surface area contributed by atoms with Crippen molar-refractivity contribution in [3.8, 4) is 0 Å². The van der Waals surface area contributed by atoms with Crippen molar-refractivity contribution in [1.29, 1.82) is 0 Å². The largest absolute Gasteiger partial charge is 0.397 e. The number of likely N-dealkylation sites (N-methyl/N-ethyl adjacent to an activating group) is 1. The second-order valence-corrected chi connectivity index (χ2v) is 4.90. The summed E-state index contributed by atoms with van der Waals surface area (Å²) < 4.78 is 0. The van der Waals surface area contributed by atoms with Crippen molar-refractivity contribution in [2.45, 2.75) is 45.1 Å². The van der Waals surface area contributed by atoms with Crippen LogP contribution < -0.4 is 5.73 Å². The highest BCUT2D eigenvalue weighted by Crippen LogP contribution is 2.23. The number of rotatable bonds is 5. The van der Waals surface area contributed by atoms with Gasteiger partial charge in [0.25, 0.3) is 0 Å². The Hall–Kier alpha value is -1.09. The number of nitrogens with two attached hydrogens (primary N) is 1. The van der Waals surface area contributed by atoms with Gasteiger partial charge in [-0.15, -0.1) is 0 Å². The van der Waals surface area contributed by atoms with Crippen LogP contribution in [0.15, 0.2) is 18.3 Å². The molecule has 0 radical (unpaired) electrons. The highest BCUT2D eigenvalue weighted by atomic mass is 15.1. The summed E-state index contributed by atoms with van der Waals surface area (Å²) in [6.45, 7) is 4.53. The highest BCUT2D eigenvalue weighted by molar-refractivity contribution is 5.34. The quantitative estimate of drug-likeness (QED) is 0.849. The van der Waals surface area contributed by atoms with Crippen molar-refractivity contribution < 1.29 is 0 Å². The van der Waals surface area contributed by atoms with Gasteiger partial charge in [0, 0.05) is 24.7 Å². The smallest absolute Gasteiger partial charge is 0.0501 e. The number of pyridine rings is 1. The van der Waals surface area contributed by atoms with Crippen LogP contribution in [0.1, 0.15) is 38.3 Å². The molecule has 0 unspecified atom stereocenters. The first kappa shape index (κ1) is 12.4. The number of aromatic nitrogens is 1. The number of nitrogen functional groups attached to an aromatic ring is 1. The zero-order chi connectivity index (χ0) is 12.1. The lowest BCUT2D eigenvalue weighted by Crippen LogP contribution is -2.34. The first-order chi connectivity index (χ1) is 8.29. The Labute approximate surface area is 104 Å². The van der Waals surface area contributed by atoms with Crippen molar-refractivity contribution in [2.24, 2.45) is 0 Å². The monoisotopic (exact) mass is 233 g/mol. The Balaban J connectivity index is 1.84. The SMILES string of the molecule is CCN(CCc1ccc(N)cn1)C1CCCC1. The molecular formula is C14H23N3. The molecule has 0 amide bonds. The summed E-state index contributed by atoms with van der Waals surface area (Å²) in [6, 6.07) is 4.79. The minimum absolute atomic E-state index is 0.747. The van der Waals surface area contributed by atoms with E-state index in [4.69, 9.17) is 5.73 Å². The molecular weight excluding hydrogens is 210 g/mol. The van der Waals surface area contributed by atoms with E-state index in [9.17, 15) is 0 Å². The molecule has 0 spiro atoms. The maximum Gasteiger partial charge on any atom is 0.0501 e. The molecule has 17 heavy (non-hydrogen) atoms. The average molecular weight is 233 g/mol. The van der Waals surface area contributed by atoms with Crippen LogP contribution in [-0.2, 0) is 6.42 Å². The Morgan fingerprint density at radius 1 is 1.35 bits per heavy atom. The Morgan fingerprint density at radius 3 is 2.71 bits per heavy atom. The van der Waals surface area contributed by atoms with Crippen LogP contribution in [0.5, 0.6) is 0 Å². The van der Waals surface area contributed by atoms with E-state index in [1.165, 1.54) is 25.7 Å². The van der Waals surface area contributed by atoms with Gasteiger partial charge in [-0.2, -0.15) is 0 Å². The summed E-state index contributed by atoms with van der Waals surface area (Å²) in [5.74, 6) is 0. The van der Waals surface area contributed by atoms with Gasteiger partial charge in [-0.05, 0) is 31.5 Å². The van der Waals surface area contributed by atoms with Crippen molar-refractivity contribution in [1.82, 2.24) is 9.88 Å². The molecule has 0 aromatic carbocycles. The molecule has 0 saturated heterocycles. The second kappa shape index (κ2) is 6.01. The molecule has 1 saturated carbocycles. The van der Waals surface area contributed by atoms with Gasteiger partial charge in [-0.25, -0.2) is 0 Å². The van der Waals surface area contributed by atoms with Crippen LogP contribution in [0.3, 0.4) is 0 Å². The van der Waals surface area contributed by atoms with Gasteiger partial charge < -0.3 is 10.6 Å². The van der Waals surface area contributed by atoms with E-state index >= 15 is 0 Å². The zero-order valence-electron chi connectivity index (χ0n) is 10.7. The van der Waals surface area contributed by atoms with Crippen LogP contribution in [0.2, 0.25) is 0 Å². The summed E-state index contributed by atoms with van der Waals surface area (Å²) >= 11 is 0. The second-order valence-electron chi connectivity index (χ2n) is 4.90. The van der Waals surface area contributed by atoms with Gasteiger partial charge in [-0.1, -0.05) is 19.8 Å². The molecule has 1 aliphatic rings. The van der Waals surface area contributed by atoms with Crippen molar-refractivity contribution >= 4 is 5.69 Å². The number of hydrogen-bond donors (Lipinski definition) is 1. The fourth-order valence-corrected chi connectivity index (χ4v) is 2.71. The molecule has 94 valence electrons. The Kier molecular flexibility index (Phi) is 4.37. The van der Waals surface area contributed by atoms with Crippen LogP contribution in [0.4, 0.5) is 5.69 Å². The third-order valence-electron chi connectivity index (χ3n) is 3.75. The maximum atomic E-state index is 5.64. The van der Waals surface area contributed by atoms with E-state index in [1.807, 2.05) is 12.1 Å².